The Hall–Kier alpha value is -6.00. The molecule has 0 fully saturated rings. The van der Waals surface area contributed by atoms with Crippen LogP contribution in [0.5, 0.6) is 0 Å². The second kappa shape index (κ2) is 10.9. The lowest BCUT2D eigenvalue weighted by Crippen LogP contribution is -2.61. The molecule has 0 amide bonds. The zero-order valence-corrected chi connectivity index (χ0v) is 24.9. The lowest BCUT2D eigenvalue weighted by molar-refractivity contribution is 1.24. The molecule has 0 radical (unpaired) electrons. The first-order chi connectivity index (χ1) is 24.9. The molecule has 216 valence electrons. The van der Waals surface area contributed by atoms with Crippen molar-refractivity contribution in [3.8, 4) is 0 Å². The Balaban J connectivity index is 1.35. The van der Waals surface area contributed by atoms with Gasteiger partial charge in [-0.2, -0.15) is 0 Å². The van der Waals surface area contributed by atoms with E-state index < -0.39 is 6.04 Å². The third kappa shape index (κ3) is 4.15. The van der Waals surface area contributed by atoms with Crippen molar-refractivity contribution in [1.29, 1.82) is 0 Å². The van der Waals surface area contributed by atoms with E-state index >= 15 is 0 Å². The van der Waals surface area contributed by atoms with E-state index in [1.807, 2.05) is 89.8 Å². The molecule has 0 atom stereocenters. The zero-order valence-electron chi connectivity index (χ0n) is 29.9. The first-order valence-electron chi connectivity index (χ1n) is 17.9. The van der Waals surface area contributed by atoms with Gasteiger partial charge in [0.1, 0.15) is 0 Å². The molecule has 0 aromatic heterocycles. The van der Waals surface area contributed by atoms with Crippen molar-refractivity contribution < 1.29 is 6.85 Å². The topological polar surface area (TPSA) is 9.72 Å². The summed E-state index contributed by atoms with van der Waals surface area (Å²) in [7, 11) is 0. The van der Waals surface area contributed by atoms with Crippen LogP contribution in [0, 0.1) is 0 Å². The summed E-state index contributed by atoms with van der Waals surface area (Å²) in [5.41, 5.74) is 10.9. The maximum atomic E-state index is 9.02. The van der Waals surface area contributed by atoms with Gasteiger partial charge >= 0.3 is 0 Å². The Morgan fingerprint density at radius 3 is 1.65 bits per heavy atom. The Bertz CT molecular complexity index is 2390. The van der Waals surface area contributed by atoms with Gasteiger partial charge in [-0.25, -0.2) is 0 Å². The molecule has 0 spiro atoms. The van der Waals surface area contributed by atoms with Crippen molar-refractivity contribution >= 4 is 74.3 Å². The highest BCUT2D eigenvalue weighted by molar-refractivity contribution is 7.00. The molecule has 0 unspecified atom stereocenters. The quantitative estimate of drug-likeness (QED) is 0.185. The number of nitrogens with zero attached hydrogens (tertiary/aromatic N) is 3. The lowest BCUT2D eigenvalue weighted by Gasteiger charge is -2.44. The van der Waals surface area contributed by atoms with Gasteiger partial charge in [-0.05, 0) is 101 Å². The van der Waals surface area contributed by atoms with E-state index in [1.165, 1.54) is 0 Å². The van der Waals surface area contributed by atoms with Crippen LogP contribution in [-0.4, -0.2) is 6.71 Å². The number of anilines is 9. The summed E-state index contributed by atoms with van der Waals surface area (Å²) < 4.78 is 43.4. The number of para-hydroxylation sites is 5. The average Bonchev–Trinajstić information content (AvgIpc) is 3.18. The summed E-state index contributed by atoms with van der Waals surface area (Å²) in [6, 6.07) is 50.2. The molecule has 4 heteroatoms. The van der Waals surface area contributed by atoms with Crippen molar-refractivity contribution in [2.24, 2.45) is 0 Å². The molecule has 0 aliphatic carbocycles. The lowest BCUT2D eigenvalue weighted by atomic mass is 9.33. The predicted octanol–water partition coefficient (Wildman–Crippen LogP) is 9.24. The summed E-state index contributed by atoms with van der Waals surface area (Å²) >= 11 is 0. The number of hydrogen-bond donors (Lipinski definition) is 0. The predicted molar refractivity (Wildman–Crippen MR) is 195 cm³/mol. The highest BCUT2D eigenvalue weighted by atomic mass is 15.2. The van der Waals surface area contributed by atoms with Crippen LogP contribution in [0.4, 0.5) is 51.2 Å². The van der Waals surface area contributed by atoms with Crippen LogP contribution in [0.3, 0.4) is 0 Å². The number of rotatable bonds is 5. The number of hydrogen-bond acceptors (Lipinski definition) is 3. The Morgan fingerprint density at radius 1 is 0.435 bits per heavy atom. The second-order valence-electron chi connectivity index (χ2n) is 11.4. The van der Waals surface area contributed by atoms with Crippen molar-refractivity contribution in [3.63, 3.8) is 0 Å². The van der Waals surface area contributed by atoms with Gasteiger partial charge in [0, 0.05) is 51.2 Å². The van der Waals surface area contributed by atoms with Gasteiger partial charge in [-0.15, -0.1) is 0 Å². The molecule has 0 N–H and O–H groups in total. The normalized spacial score (nSPS) is 14.2. The maximum absolute atomic E-state index is 9.02. The number of fused-ring (bicyclic) bond motifs is 4. The fourth-order valence-corrected chi connectivity index (χ4v) is 7.07. The van der Waals surface area contributed by atoms with Crippen molar-refractivity contribution in [2.75, 3.05) is 14.7 Å². The van der Waals surface area contributed by atoms with E-state index in [-0.39, 0.29) is 36.6 Å². The highest BCUT2D eigenvalue weighted by Gasteiger charge is 2.43. The van der Waals surface area contributed by atoms with Gasteiger partial charge in [0.2, 0.25) is 0 Å². The zero-order chi connectivity index (χ0) is 34.8. The fraction of sp³-hybridized carbons (Fsp3) is 0. The van der Waals surface area contributed by atoms with Crippen LogP contribution in [-0.2, 0) is 0 Å². The Kier molecular flexibility index (Phi) is 5.12. The van der Waals surface area contributed by atoms with E-state index in [9.17, 15) is 0 Å². The highest BCUT2D eigenvalue weighted by Crippen LogP contribution is 2.44. The summed E-state index contributed by atoms with van der Waals surface area (Å²) in [6.45, 7) is -0.211. The molecule has 2 aliphatic heterocycles. The third-order valence-corrected chi connectivity index (χ3v) is 8.89. The first-order valence-corrected chi connectivity index (χ1v) is 15.4. The molecule has 3 nitrogen and oxygen atoms in total. The maximum Gasteiger partial charge on any atom is 0.252 e. The Labute approximate surface area is 277 Å². The second-order valence-corrected chi connectivity index (χ2v) is 11.4. The van der Waals surface area contributed by atoms with E-state index in [4.69, 9.17) is 6.85 Å². The minimum Gasteiger partial charge on any atom is -0.311 e. The smallest absolute Gasteiger partial charge is 0.252 e. The average molecular weight is 593 g/mol. The molecular weight excluding hydrogens is 557 g/mol. The van der Waals surface area contributed by atoms with Gasteiger partial charge in [-0.3, -0.25) is 0 Å². The summed E-state index contributed by atoms with van der Waals surface area (Å²) in [4.78, 5) is 6.41. The monoisotopic (exact) mass is 592 g/mol. The van der Waals surface area contributed by atoms with Crippen LogP contribution in [0.1, 0.15) is 6.85 Å². The van der Waals surface area contributed by atoms with Crippen molar-refractivity contribution in [3.05, 3.63) is 182 Å². The van der Waals surface area contributed by atoms with Crippen molar-refractivity contribution in [2.45, 2.75) is 0 Å². The van der Waals surface area contributed by atoms with Crippen LogP contribution < -0.4 is 31.1 Å². The molecular formula is C42H30BN3. The molecule has 9 rings (SSSR count). The van der Waals surface area contributed by atoms with E-state index in [1.54, 1.807) is 0 Å². The van der Waals surface area contributed by atoms with Crippen LogP contribution in [0.15, 0.2) is 182 Å². The van der Waals surface area contributed by atoms with Crippen LogP contribution in [0.25, 0.3) is 0 Å². The van der Waals surface area contributed by atoms with E-state index in [0.717, 1.165) is 61.9 Å². The van der Waals surface area contributed by atoms with Gasteiger partial charge in [0.15, 0.2) is 0 Å². The third-order valence-electron chi connectivity index (χ3n) is 8.89. The molecule has 0 saturated heterocycles. The van der Waals surface area contributed by atoms with Crippen LogP contribution in [0.2, 0.25) is 0 Å². The molecule has 0 bridgehead atoms. The standard InChI is InChI=1S/C42H30BN3/c1-5-16-31(17-6-1)44(32-18-7-2-8-19-32)35-28-29-39-37(30-35)43-36-24-13-14-25-38(36)45(33-20-9-3-10-21-33)40-26-15-27-41(42(40)43)46(39)34-22-11-4-12-23-34/h1-30H/i3D,9D,10D,20D,21D. The summed E-state index contributed by atoms with van der Waals surface area (Å²) in [6.07, 6.45) is 0. The minimum atomic E-state index is -0.412. The first kappa shape index (κ1) is 21.7. The largest absolute Gasteiger partial charge is 0.311 e. The summed E-state index contributed by atoms with van der Waals surface area (Å²) in [5.74, 6) is 0. The molecule has 7 aromatic carbocycles. The molecule has 0 saturated carbocycles. The van der Waals surface area contributed by atoms with Crippen molar-refractivity contribution in [1.82, 2.24) is 0 Å². The van der Waals surface area contributed by atoms with E-state index in [2.05, 4.69) is 76.5 Å². The number of benzene rings is 7. The van der Waals surface area contributed by atoms with Gasteiger partial charge in [-0.1, -0.05) is 97.0 Å². The van der Waals surface area contributed by atoms with Gasteiger partial charge in [0.05, 0.1) is 6.85 Å². The molecule has 7 aromatic rings. The minimum absolute atomic E-state index is 0.130. The fourth-order valence-electron chi connectivity index (χ4n) is 7.07. The molecule has 46 heavy (non-hydrogen) atoms. The molecule has 2 heterocycles. The summed E-state index contributed by atoms with van der Waals surface area (Å²) in [5, 5.41) is 0. The Morgan fingerprint density at radius 2 is 0.978 bits per heavy atom. The van der Waals surface area contributed by atoms with E-state index in [0.29, 0.717) is 0 Å². The SMILES string of the molecule is [2H]c1c([2H])c([2H])c(N2c3ccccc3B3c4cc(N(c5ccccc5)c5ccccc5)ccc4N(c4ccccc4)c4cccc2c43)c([2H])c1[2H]. The van der Waals surface area contributed by atoms with Crippen LogP contribution >= 0.6 is 0 Å². The van der Waals surface area contributed by atoms with Gasteiger partial charge < -0.3 is 14.7 Å². The molecule has 2 aliphatic rings. The van der Waals surface area contributed by atoms with Gasteiger partial charge in [0.25, 0.3) is 6.71 Å².